The van der Waals surface area contributed by atoms with Gasteiger partial charge in [-0.25, -0.2) is 0 Å². The average Bonchev–Trinajstić information content (AvgIpc) is 2.61. The molecule has 0 bridgehead atoms. The van der Waals surface area contributed by atoms with Crippen LogP contribution in [0.2, 0.25) is 0 Å². The van der Waals surface area contributed by atoms with Crippen molar-refractivity contribution in [2.45, 2.75) is 64.0 Å². The van der Waals surface area contributed by atoms with Crippen LogP contribution in [0.4, 0.5) is 0 Å². The maximum atomic E-state index is 9.95. The van der Waals surface area contributed by atoms with E-state index in [2.05, 4.69) is 31.3 Å². The van der Waals surface area contributed by atoms with Crippen LogP contribution < -0.4 is 10.1 Å². The standard InChI is InChI=1S/C20H33NO3/c1-16(2)17-8-10-20(11-9-17)24-13-12-23-15-19(22)14-21-18-6-4-3-5-7-18/h8-11,16,18-19,21-22H,3-7,12-15H2,1-2H3/t19-/m1/s1. The molecule has 1 aromatic carbocycles. The Morgan fingerprint density at radius 2 is 1.79 bits per heavy atom. The third-order valence-electron chi connectivity index (χ3n) is 4.60. The predicted molar refractivity (Wildman–Crippen MR) is 97.7 cm³/mol. The molecule has 0 radical (unpaired) electrons. The quantitative estimate of drug-likeness (QED) is 0.643. The van der Waals surface area contributed by atoms with Crippen molar-refractivity contribution in [3.63, 3.8) is 0 Å². The highest BCUT2D eigenvalue weighted by molar-refractivity contribution is 5.28. The van der Waals surface area contributed by atoms with Gasteiger partial charge in [-0.1, -0.05) is 45.2 Å². The van der Waals surface area contributed by atoms with Crippen LogP contribution in [0.15, 0.2) is 24.3 Å². The molecule has 1 aliphatic carbocycles. The van der Waals surface area contributed by atoms with Gasteiger partial charge in [-0.15, -0.1) is 0 Å². The number of ether oxygens (including phenoxy) is 2. The Hall–Kier alpha value is -1.10. The zero-order valence-corrected chi connectivity index (χ0v) is 15.2. The zero-order valence-electron chi connectivity index (χ0n) is 15.2. The molecule has 0 amide bonds. The summed E-state index contributed by atoms with van der Waals surface area (Å²) in [6, 6.07) is 8.77. The van der Waals surface area contributed by atoms with Gasteiger partial charge in [-0.3, -0.25) is 0 Å². The van der Waals surface area contributed by atoms with Gasteiger partial charge in [-0.2, -0.15) is 0 Å². The highest BCUT2D eigenvalue weighted by Crippen LogP contribution is 2.18. The third kappa shape index (κ3) is 7.20. The maximum Gasteiger partial charge on any atom is 0.119 e. The van der Waals surface area contributed by atoms with Crippen molar-refractivity contribution in [2.75, 3.05) is 26.4 Å². The molecular formula is C20H33NO3. The van der Waals surface area contributed by atoms with Gasteiger partial charge < -0.3 is 19.9 Å². The first-order valence-corrected chi connectivity index (χ1v) is 9.37. The van der Waals surface area contributed by atoms with Gasteiger partial charge in [0.2, 0.25) is 0 Å². The number of aliphatic hydroxyl groups is 1. The van der Waals surface area contributed by atoms with Crippen molar-refractivity contribution < 1.29 is 14.6 Å². The van der Waals surface area contributed by atoms with E-state index in [0.29, 0.717) is 38.3 Å². The van der Waals surface area contributed by atoms with Crippen LogP contribution in [-0.4, -0.2) is 43.6 Å². The molecular weight excluding hydrogens is 302 g/mol. The molecule has 0 spiro atoms. The number of hydrogen-bond acceptors (Lipinski definition) is 4. The summed E-state index contributed by atoms with van der Waals surface area (Å²) in [4.78, 5) is 0. The van der Waals surface area contributed by atoms with Crippen molar-refractivity contribution in [3.8, 4) is 5.75 Å². The topological polar surface area (TPSA) is 50.7 Å². The number of aliphatic hydroxyl groups excluding tert-OH is 1. The summed E-state index contributed by atoms with van der Waals surface area (Å²) in [5.74, 6) is 1.40. The minimum absolute atomic E-state index is 0.357. The van der Waals surface area contributed by atoms with E-state index in [4.69, 9.17) is 9.47 Å². The lowest BCUT2D eigenvalue weighted by Crippen LogP contribution is -2.38. The first-order chi connectivity index (χ1) is 11.6. The smallest absolute Gasteiger partial charge is 0.119 e. The molecule has 136 valence electrons. The predicted octanol–water partition coefficient (Wildman–Crippen LogP) is 3.49. The molecule has 1 atom stereocenters. The van der Waals surface area contributed by atoms with Crippen LogP contribution in [0.5, 0.6) is 5.75 Å². The third-order valence-corrected chi connectivity index (χ3v) is 4.60. The van der Waals surface area contributed by atoms with E-state index in [1.807, 2.05) is 12.1 Å². The molecule has 0 aliphatic heterocycles. The summed E-state index contributed by atoms with van der Waals surface area (Å²) in [5.41, 5.74) is 1.31. The number of rotatable bonds is 10. The van der Waals surface area contributed by atoms with Crippen LogP contribution in [0.25, 0.3) is 0 Å². The fourth-order valence-electron chi connectivity index (χ4n) is 3.06. The number of benzene rings is 1. The van der Waals surface area contributed by atoms with E-state index in [-0.39, 0.29) is 0 Å². The normalized spacial score (nSPS) is 17.2. The molecule has 24 heavy (non-hydrogen) atoms. The second-order valence-corrected chi connectivity index (χ2v) is 7.04. The highest BCUT2D eigenvalue weighted by Gasteiger charge is 2.14. The Kier molecular flexibility index (Phi) is 8.57. The molecule has 0 heterocycles. The summed E-state index contributed by atoms with van der Waals surface area (Å²) in [7, 11) is 0. The molecule has 2 rings (SSSR count). The summed E-state index contributed by atoms with van der Waals surface area (Å²) in [6.45, 7) is 6.32. The number of hydrogen-bond donors (Lipinski definition) is 2. The summed E-state index contributed by atoms with van der Waals surface area (Å²) < 4.78 is 11.2. The van der Waals surface area contributed by atoms with Gasteiger partial charge in [0.15, 0.2) is 0 Å². The van der Waals surface area contributed by atoms with Crippen molar-refractivity contribution in [1.29, 1.82) is 0 Å². The first-order valence-electron chi connectivity index (χ1n) is 9.37. The first kappa shape index (κ1) is 19.2. The molecule has 4 heteroatoms. The molecule has 4 nitrogen and oxygen atoms in total. The fourth-order valence-corrected chi connectivity index (χ4v) is 3.06. The van der Waals surface area contributed by atoms with Gasteiger partial charge in [0.1, 0.15) is 12.4 Å². The van der Waals surface area contributed by atoms with E-state index in [9.17, 15) is 5.11 Å². The van der Waals surface area contributed by atoms with Gasteiger partial charge in [0.25, 0.3) is 0 Å². The van der Waals surface area contributed by atoms with Crippen molar-refractivity contribution in [3.05, 3.63) is 29.8 Å². The Balaban J connectivity index is 1.51. The van der Waals surface area contributed by atoms with Crippen molar-refractivity contribution in [1.82, 2.24) is 5.32 Å². The minimum Gasteiger partial charge on any atom is -0.491 e. The number of nitrogens with one attached hydrogen (secondary N) is 1. The fraction of sp³-hybridized carbons (Fsp3) is 0.700. The molecule has 0 saturated heterocycles. The Morgan fingerprint density at radius 1 is 1.08 bits per heavy atom. The lowest BCUT2D eigenvalue weighted by Gasteiger charge is -2.24. The second kappa shape index (κ2) is 10.7. The molecule has 2 N–H and O–H groups in total. The van der Waals surface area contributed by atoms with Crippen LogP contribution in [0.1, 0.15) is 57.4 Å². The van der Waals surface area contributed by atoms with E-state index in [1.54, 1.807) is 0 Å². The van der Waals surface area contributed by atoms with E-state index < -0.39 is 6.10 Å². The second-order valence-electron chi connectivity index (χ2n) is 7.04. The van der Waals surface area contributed by atoms with Crippen molar-refractivity contribution >= 4 is 0 Å². The Morgan fingerprint density at radius 3 is 2.46 bits per heavy atom. The van der Waals surface area contributed by atoms with Gasteiger partial charge in [-0.05, 0) is 36.5 Å². The molecule has 0 unspecified atom stereocenters. The SMILES string of the molecule is CC(C)c1ccc(OCCOC[C@H](O)CNC2CCCCC2)cc1. The monoisotopic (exact) mass is 335 g/mol. The lowest BCUT2D eigenvalue weighted by molar-refractivity contribution is 0.0235. The average molecular weight is 335 g/mol. The Labute approximate surface area is 146 Å². The molecule has 1 saturated carbocycles. The van der Waals surface area contributed by atoms with Crippen LogP contribution in [-0.2, 0) is 4.74 Å². The summed E-state index contributed by atoms with van der Waals surface area (Å²) in [5, 5.41) is 13.4. The molecule has 1 aromatic rings. The zero-order chi connectivity index (χ0) is 17.2. The van der Waals surface area contributed by atoms with Crippen LogP contribution in [0, 0.1) is 0 Å². The Bertz CT molecular complexity index is 441. The van der Waals surface area contributed by atoms with E-state index in [1.165, 1.54) is 37.7 Å². The molecule has 1 fully saturated rings. The largest absolute Gasteiger partial charge is 0.491 e. The van der Waals surface area contributed by atoms with Crippen LogP contribution in [0.3, 0.4) is 0 Å². The lowest BCUT2D eigenvalue weighted by atomic mass is 9.95. The van der Waals surface area contributed by atoms with Gasteiger partial charge >= 0.3 is 0 Å². The van der Waals surface area contributed by atoms with Crippen molar-refractivity contribution in [2.24, 2.45) is 0 Å². The summed E-state index contributed by atoms with van der Waals surface area (Å²) >= 11 is 0. The van der Waals surface area contributed by atoms with E-state index in [0.717, 1.165) is 5.75 Å². The van der Waals surface area contributed by atoms with Gasteiger partial charge in [0.05, 0.1) is 19.3 Å². The molecule has 1 aliphatic rings. The van der Waals surface area contributed by atoms with Crippen LogP contribution >= 0.6 is 0 Å². The minimum atomic E-state index is -0.447. The van der Waals surface area contributed by atoms with Gasteiger partial charge in [0, 0.05) is 12.6 Å². The highest BCUT2D eigenvalue weighted by atomic mass is 16.5. The molecule has 0 aromatic heterocycles. The maximum absolute atomic E-state index is 9.95. The van der Waals surface area contributed by atoms with E-state index >= 15 is 0 Å². The summed E-state index contributed by atoms with van der Waals surface area (Å²) in [6.07, 6.45) is 5.98.